The van der Waals surface area contributed by atoms with Crippen molar-refractivity contribution in [1.29, 1.82) is 0 Å². The van der Waals surface area contributed by atoms with Crippen molar-refractivity contribution in [2.75, 3.05) is 0 Å². The van der Waals surface area contributed by atoms with Gasteiger partial charge in [-0.3, -0.25) is 9.79 Å². The average molecular weight is 258 g/mol. The molecule has 6 heteroatoms. The fraction of sp³-hybridized carbons (Fsp3) is 0.308. The van der Waals surface area contributed by atoms with Crippen molar-refractivity contribution in [1.82, 2.24) is 9.78 Å². The number of nitrogens with zero attached hydrogens (tertiary/aromatic N) is 3. The molecule has 3 heterocycles. The number of aliphatic hydroxyl groups is 1. The molecule has 0 saturated carbocycles. The van der Waals surface area contributed by atoms with Gasteiger partial charge in [-0.2, -0.15) is 5.10 Å². The van der Waals surface area contributed by atoms with Crippen LogP contribution in [0.5, 0.6) is 0 Å². The number of aliphatic hydroxyl groups excluding tert-OH is 1. The van der Waals surface area contributed by atoms with Crippen LogP contribution in [-0.2, 0) is 0 Å². The molecule has 0 bridgehead atoms. The Hall–Kier alpha value is -2.21. The summed E-state index contributed by atoms with van der Waals surface area (Å²) >= 11 is 0. The monoisotopic (exact) mass is 258 g/mol. The molecule has 6 nitrogen and oxygen atoms in total. The summed E-state index contributed by atoms with van der Waals surface area (Å²) in [5, 5.41) is 14.3. The van der Waals surface area contributed by atoms with Gasteiger partial charge in [-0.15, -0.1) is 0 Å². The number of nitrogens with two attached hydrogens (primary N) is 1. The van der Waals surface area contributed by atoms with Gasteiger partial charge in [0.15, 0.2) is 0 Å². The van der Waals surface area contributed by atoms with Gasteiger partial charge >= 0.3 is 0 Å². The molecule has 0 saturated heterocycles. The van der Waals surface area contributed by atoms with E-state index in [1.54, 1.807) is 6.21 Å². The standard InChI is InChI=1S/C13H14N4O2/c1-7-2-8(4-15-7)9-3-11(18)12-10(13(14)19)5-16-17(12)6-9/h2,4-7,11,18H,3H2,1H3,(H2,14,19). The van der Waals surface area contributed by atoms with Crippen molar-refractivity contribution in [3.63, 3.8) is 0 Å². The van der Waals surface area contributed by atoms with Crippen molar-refractivity contribution >= 4 is 18.3 Å². The number of aromatic nitrogens is 2. The topological polar surface area (TPSA) is 93.5 Å². The largest absolute Gasteiger partial charge is 0.386 e. The molecule has 0 radical (unpaired) electrons. The Bertz CT molecular complexity index is 639. The number of carbonyl (C=O) groups excluding carboxylic acids is 1. The molecule has 1 aromatic heterocycles. The molecule has 98 valence electrons. The molecule has 3 rings (SSSR count). The second kappa shape index (κ2) is 4.17. The van der Waals surface area contributed by atoms with Crippen LogP contribution in [0, 0.1) is 0 Å². The number of primary amides is 1. The number of carbonyl (C=O) groups is 1. The van der Waals surface area contributed by atoms with E-state index in [1.807, 2.05) is 19.2 Å². The maximum atomic E-state index is 11.3. The van der Waals surface area contributed by atoms with Crippen molar-refractivity contribution in [2.45, 2.75) is 25.5 Å². The molecule has 2 aliphatic heterocycles. The molecule has 19 heavy (non-hydrogen) atoms. The number of rotatable bonds is 2. The van der Waals surface area contributed by atoms with E-state index < -0.39 is 12.0 Å². The first kappa shape index (κ1) is 11.9. The first-order chi connectivity index (χ1) is 9.06. The Kier molecular flexibility index (Phi) is 2.60. The van der Waals surface area contributed by atoms with E-state index in [9.17, 15) is 9.90 Å². The highest BCUT2D eigenvalue weighted by Gasteiger charge is 2.27. The zero-order chi connectivity index (χ0) is 13.6. The molecule has 2 aliphatic rings. The summed E-state index contributed by atoms with van der Waals surface area (Å²) in [6.07, 6.45) is 6.67. The first-order valence-corrected chi connectivity index (χ1v) is 6.07. The van der Waals surface area contributed by atoms with Crippen LogP contribution in [0.1, 0.15) is 35.5 Å². The molecule has 2 atom stereocenters. The Labute approximate surface area is 109 Å². The molecule has 2 unspecified atom stereocenters. The zero-order valence-corrected chi connectivity index (χ0v) is 10.4. The van der Waals surface area contributed by atoms with Gasteiger partial charge in [0.1, 0.15) is 6.10 Å². The fourth-order valence-corrected chi connectivity index (χ4v) is 2.43. The number of amides is 1. The molecule has 0 aliphatic carbocycles. The first-order valence-electron chi connectivity index (χ1n) is 6.07. The molecular formula is C13H14N4O2. The van der Waals surface area contributed by atoms with E-state index >= 15 is 0 Å². The molecule has 3 N–H and O–H groups in total. The van der Waals surface area contributed by atoms with Gasteiger partial charge in [-0.1, -0.05) is 6.08 Å². The second-order valence-electron chi connectivity index (χ2n) is 4.77. The van der Waals surface area contributed by atoms with Gasteiger partial charge in [-0.05, 0) is 18.1 Å². The normalized spacial score (nSPS) is 24.9. The smallest absolute Gasteiger partial charge is 0.252 e. The minimum Gasteiger partial charge on any atom is -0.386 e. The Morgan fingerprint density at radius 3 is 3.00 bits per heavy atom. The summed E-state index contributed by atoms with van der Waals surface area (Å²) in [5.41, 5.74) is 7.93. The minimum absolute atomic E-state index is 0.160. The summed E-state index contributed by atoms with van der Waals surface area (Å²) in [5.74, 6) is -0.576. The molecule has 0 spiro atoms. The Morgan fingerprint density at radius 2 is 2.37 bits per heavy atom. The van der Waals surface area contributed by atoms with E-state index in [4.69, 9.17) is 5.73 Å². The van der Waals surface area contributed by atoms with Gasteiger partial charge in [0, 0.05) is 18.8 Å². The van der Waals surface area contributed by atoms with Crippen LogP contribution >= 0.6 is 0 Å². The predicted molar refractivity (Wildman–Crippen MR) is 70.6 cm³/mol. The van der Waals surface area contributed by atoms with Gasteiger partial charge < -0.3 is 10.8 Å². The van der Waals surface area contributed by atoms with E-state index in [0.29, 0.717) is 12.1 Å². The third kappa shape index (κ3) is 1.90. The number of allylic oxidation sites excluding steroid dienone is 1. The van der Waals surface area contributed by atoms with E-state index in [-0.39, 0.29) is 11.6 Å². The van der Waals surface area contributed by atoms with Crippen molar-refractivity contribution < 1.29 is 9.90 Å². The third-order valence-electron chi connectivity index (χ3n) is 3.35. The number of fused-ring (bicyclic) bond motifs is 1. The van der Waals surface area contributed by atoms with Gasteiger partial charge in [0.25, 0.3) is 5.91 Å². The van der Waals surface area contributed by atoms with Crippen LogP contribution in [0.25, 0.3) is 6.20 Å². The second-order valence-corrected chi connectivity index (χ2v) is 4.77. The minimum atomic E-state index is -0.782. The van der Waals surface area contributed by atoms with Crippen LogP contribution in [-0.4, -0.2) is 33.1 Å². The summed E-state index contributed by atoms with van der Waals surface area (Å²) < 4.78 is 1.52. The molecule has 0 fully saturated rings. The van der Waals surface area contributed by atoms with Crippen LogP contribution in [0.4, 0.5) is 0 Å². The summed E-state index contributed by atoms with van der Waals surface area (Å²) in [7, 11) is 0. The lowest BCUT2D eigenvalue weighted by Crippen LogP contribution is -2.19. The summed E-state index contributed by atoms with van der Waals surface area (Å²) in [6, 6.07) is 0.160. The maximum Gasteiger partial charge on any atom is 0.252 e. The lowest BCUT2D eigenvalue weighted by Gasteiger charge is -2.20. The average Bonchev–Trinajstić information content (AvgIpc) is 2.94. The van der Waals surface area contributed by atoms with Gasteiger partial charge in [-0.25, -0.2) is 4.68 Å². The van der Waals surface area contributed by atoms with Crippen molar-refractivity contribution in [3.05, 3.63) is 34.7 Å². The lowest BCUT2D eigenvalue weighted by molar-refractivity contribution is 0.0991. The predicted octanol–water partition coefficient (Wildman–Crippen LogP) is 0.659. The van der Waals surface area contributed by atoms with Crippen LogP contribution in [0.2, 0.25) is 0 Å². The summed E-state index contributed by atoms with van der Waals surface area (Å²) in [4.78, 5) is 15.5. The zero-order valence-electron chi connectivity index (χ0n) is 10.4. The Morgan fingerprint density at radius 1 is 1.58 bits per heavy atom. The molecule has 0 aromatic carbocycles. The van der Waals surface area contributed by atoms with Crippen LogP contribution < -0.4 is 5.73 Å². The Balaban J connectivity index is 2.04. The van der Waals surface area contributed by atoms with Crippen LogP contribution in [0.3, 0.4) is 0 Å². The third-order valence-corrected chi connectivity index (χ3v) is 3.35. The highest BCUT2D eigenvalue weighted by Crippen LogP contribution is 2.33. The molecular weight excluding hydrogens is 244 g/mol. The SMILES string of the molecule is CC1C=C(C2=Cn3ncc(C(N)=O)c3C(O)C2)C=N1. The van der Waals surface area contributed by atoms with Gasteiger partial charge in [0.05, 0.1) is 23.5 Å². The molecule has 1 amide bonds. The van der Waals surface area contributed by atoms with E-state index in [1.165, 1.54) is 10.9 Å². The summed E-state index contributed by atoms with van der Waals surface area (Å²) in [6.45, 7) is 1.99. The lowest BCUT2D eigenvalue weighted by atomic mass is 9.95. The molecule has 1 aromatic rings. The van der Waals surface area contributed by atoms with Crippen LogP contribution in [0.15, 0.2) is 28.4 Å². The van der Waals surface area contributed by atoms with Crippen molar-refractivity contribution in [3.8, 4) is 0 Å². The number of aliphatic imine (C=N–C) groups is 1. The number of hydrogen-bond donors (Lipinski definition) is 2. The quantitative estimate of drug-likeness (QED) is 0.816. The highest BCUT2D eigenvalue weighted by molar-refractivity contribution is 5.94. The number of hydrogen-bond acceptors (Lipinski definition) is 4. The maximum absolute atomic E-state index is 11.3. The van der Waals surface area contributed by atoms with Crippen molar-refractivity contribution in [2.24, 2.45) is 10.7 Å². The van der Waals surface area contributed by atoms with E-state index in [2.05, 4.69) is 10.1 Å². The van der Waals surface area contributed by atoms with Gasteiger partial charge in [0.2, 0.25) is 0 Å². The van der Waals surface area contributed by atoms with E-state index in [0.717, 1.165) is 11.1 Å². The fourth-order valence-electron chi connectivity index (χ4n) is 2.43. The highest BCUT2D eigenvalue weighted by atomic mass is 16.3.